The average molecular weight is 239 g/mol. The van der Waals surface area contributed by atoms with Crippen molar-refractivity contribution in [3.63, 3.8) is 0 Å². The minimum absolute atomic E-state index is 0.127. The van der Waals surface area contributed by atoms with Gasteiger partial charge in [0.15, 0.2) is 0 Å². The smallest absolute Gasteiger partial charge is 0.0948 e. The van der Waals surface area contributed by atoms with Crippen molar-refractivity contribution in [3.8, 4) is 0 Å². The van der Waals surface area contributed by atoms with Gasteiger partial charge in [-0.05, 0) is 23.1 Å². The number of aliphatic hydroxyl groups is 1. The summed E-state index contributed by atoms with van der Waals surface area (Å²) < 4.78 is 0. The second-order valence-corrected chi connectivity index (χ2v) is 4.82. The number of fused-ring (bicyclic) bond motifs is 1. The Morgan fingerprint density at radius 1 is 1.00 bits per heavy atom. The molecule has 1 aliphatic rings. The van der Waals surface area contributed by atoms with E-state index in [2.05, 4.69) is 23.5 Å². The molecule has 2 nitrogen and oxygen atoms in total. The van der Waals surface area contributed by atoms with E-state index in [1.54, 1.807) is 0 Å². The van der Waals surface area contributed by atoms with Crippen LogP contribution in [0.1, 0.15) is 22.8 Å². The van der Waals surface area contributed by atoms with Crippen LogP contribution >= 0.6 is 0 Å². The van der Waals surface area contributed by atoms with Crippen molar-refractivity contribution >= 4 is 0 Å². The van der Waals surface area contributed by atoms with E-state index >= 15 is 0 Å². The van der Waals surface area contributed by atoms with E-state index in [4.69, 9.17) is 0 Å². The Hall–Kier alpha value is -1.64. The second-order valence-electron chi connectivity index (χ2n) is 4.82. The minimum atomic E-state index is -0.384. The lowest BCUT2D eigenvalue weighted by Crippen LogP contribution is -2.32. The van der Waals surface area contributed by atoms with Crippen LogP contribution in [0.5, 0.6) is 0 Å². The van der Waals surface area contributed by atoms with Gasteiger partial charge in [-0.25, -0.2) is 0 Å². The van der Waals surface area contributed by atoms with Gasteiger partial charge in [0.2, 0.25) is 0 Å². The normalized spacial score (nSPS) is 21.8. The molecule has 1 aliphatic carbocycles. The van der Waals surface area contributed by atoms with Crippen molar-refractivity contribution in [1.82, 2.24) is 5.32 Å². The molecule has 2 atom stereocenters. The highest BCUT2D eigenvalue weighted by Crippen LogP contribution is 2.31. The zero-order valence-corrected chi connectivity index (χ0v) is 10.2. The second kappa shape index (κ2) is 4.92. The first-order valence-electron chi connectivity index (χ1n) is 6.38. The molecule has 0 saturated carbocycles. The Balaban J connectivity index is 1.66. The molecular formula is C16H17NO. The van der Waals surface area contributed by atoms with Crippen LogP contribution in [-0.2, 0) is 13.0 Å². The lowest BCUT2D eigenvalue weighted by molar-refractivity contribution is 0.141. The van der Waals surface area contributed by atoms with E-state index in [0.717, 1.165) is 18.5 Å². The van der Waals surface area contributed by atoms with E-state index in [9.17, 15) is 5.11 Å². The highest BCUT2D eigenvalue weighted by Gasteiger charge is 2.29. The predicted octanol–water partition coefficient (Wildman–Crippen LogP) is 2.43. The number of hydrogen-bond donors (Lipinski definition) is 2. The molecular weight excluding hydrogens is 222 g/mol. The van der Waals surface area contributed by atoms with Crippen molar-refractivity contribution in [2.24, 2.45) is 0 Å². The van der Waals surface area contributed by atoms with Crippen molar-refractivity contribution in [1.29, 1.82) is 0 Å². The predicted molar refractivity (Wildman–Crippen MR) is 72.2 cm³/mol. The van der Waals surface area contributed by atoms with Gasteiger partial charge in [0.25, 0.3) is 0 Å². The quantitative estimate of drug-likeness (QED) is 0.862. The van der Waals surface area contributed by atoms with Crippen molar-refractivity contribution in [2.75, 3.05) is 0 Å². The van der Waals surface area contributed by atoms with Gasteiger partial charge >= 0.3 is 0 Å². The molecule has 2 aromatic rings. The molecule has 0 amide bonds. The lowest BCUT2D eigenvalue weighted by atomic mass is 10.1. The summed E-state index contributed by atoms with van der Waals surface area (Å²) in [6.07, 6.45) is 0.523. The number of rotatable bonds is 3. The van der Waals surface area contributed by atoms with Crippen molar-refractivity contribution in [2.45, 2.75) is 25.1 Å². The minimum Gasteiger partial charge on any atom is -0.387 e. The highest BCUT2D eigenvalue weighted by molar-refractivity contribution is 5.35. The summed E-state index contributed by atoms with van der Waals surface area (Å²) in [6.45, 7) is 0.802. The third-order valence-electron chi connectivity index (χ3n) is 3.61. The summed E-state index contributed by atoms with van der Waals surface area (Å²) >= 11 is 0. The van der Waals surface area contributed by atoms with Gasteiger partial charge in [0, 0.05) is 12.6 Å². The van der Waals surface area contributed by atoms with E-state index < -0.39 is 0 Å². The van der Waals surface area contributed by atoms with Gasteiger partial charge in [-0.15, -0.1) is 0 Å². The molecule has 2 N–H and O–H groups in total. The highest BCUT2D eigenvalue weighted by atomic mass is 16.3. The Morgan fingerprint density at radius 2 is 1.72 bits per heavy atom. The van der Waals surface area contributed by atoms with Gasteiger partial charge in [0.1, 0.15) is 0 Å². The lowest BCUT2D eigenvalue weighted by Gasteiger charge is -2.17. The van der Waals surface area contributed by atoms with Crippen molar-refractivity contribution in [3.05, 3.63) is 71.3 Å². The number of hydrogen-bond acceptors (Lipinski definition) is 2. The number of aliphatic hydroxyl groups excluding tert-OH is 1. The van der Waals surface area contributed by atoms with Gasteiger partial charge in [-0.3, -0.25) is 0 Å². The Bertz CT molecular complexity index is 524. The molecule has 0 bridgehead atoms. The van der Waals surface area contributed by atoms with Crippen LogP contribution < -0.4 is 5.32 Å². The Kier molecular flexibility index (Phi) is 3.13. The van der Waals surface area contributed by atoms with Crippen LogP contribution in [0, 0.1) is 0 Å². The molecule has 3 rings (SSSR count). The topological polar surface area (TPSA) is 32.3 Å². The summed E-state index contributed by atoms with van der Waals surface area (Å²) in [5.74, 6) is 0. The first kappa shape index (κ1) is 11.5. The molecule has 2 aromatic carbocycles. The van der Waals surface area contributed by atoms with E-state index in [0.29, 0.717) is 0 Å². The summed E-state index contributed by atoms with van der Waals surface area (Å²) in [4.78, 5) is 0. The van der Waals surface area contributed by atoms with Crippen LogP contribution in [0.15, 0.2) is 54.6 Å². The van der Waals surface area contributed by atoms with Gasteiger partial charge in [-0.2, -0.15) is 0 Å². The van der Waals surface area contributed by atoms with Gasteiger partial charge in [0.05, 0.1) is 6.10 Å². The molecule has 18 heavy (non-hydrogen) atoms. The SMILES string of the molecule is O[C@@H]1c2ccccc2C[C@@H]1NCc1ccccc1. The maximum atomic E-state index is 10.3. The average Bonchev–Trinajstić information content (AvgIpc) is 2.75. The largest absolute Gasteiger partial charge is 0.387 e. The zero-order chi connectivity index (χ0) is 12.4. The van der Waals surface area contributed by atoms with Crippen LogP contribution in [0.2, 0.25) is 0 Å². The molecule has 0 fully saturated rings. The standard InChI is InChI=1S/C16H17NO/c18-16-14-9-5-4-8-13(14)10-15(16)17-11-12-6-2-1-3-7-12/h1-9,15-18H,10-11H2/t15-,16+/m0/s1. The molecule has 0 unspecified atom stereocenters. The van der Waals surface area contributed by atoms with E-state index in [1.165, 1.54) is 11.1 Å². The summed E-state index contributed by atoms with van der Waals surface area (Å²) in [6, 6.07) is 18.6. The number of nitrogens with one attached hydrogen (secondary N) is 1. The third kappa shape index (κ3) is 2.17. The third-order valence-corrected chi connectivity index (χ3v) is 3.61. The summed E-state index contributed by atoms with van der Waals surface area (Å²) in [5, 5.41) is 13.7. The zero-order valence-electron chi connectivity index (χ0n) is 10.2. The van der Waals surface area contributed by atoms with E-state index in [1.807, 2.05) is 36.4 Å². The Labute approximate surface area is 107 Å². The molecule has 0 aromatic heterocycles. The van der Waals surface area contributed by atoms with Crippen LogP contribution in [0.25, 0.3) is 0 Å². The van der Waals surface area contributed by atoms with E-state index in [-0.39, 0.29) is 12.1 Å². The van der Waals surface area contributed by atoms with Crippen LogP contribution in [0.4, 0.5) is 0 Å². The van der Waals surface area contributed by atoms with Crippen molar-refractivity contribution < 1.29 is 5.11 Å². The first-order chi connectivity index (χ1) is 8.84. The van der Waals surface area contributed by atoms with Gasteiger partial charge in [-0.1, -0.05) is 54.6 Å². The Morgan fingerprint density at radius 3 is 2.50 bits per heavy atom. The van der Waals surface area contributed by atoms with Crippen LogP contribution in [-0.4, -0.2) is 11.1 Å². The van der Waals surface area contributed by atoms with Gasteiger partial charge < -0.3 is 10.4 Å². The first-order valence-corrected chi connectivity index (χ1v) is 6.38. The fourth-order valence-electron chi connectivity index (χ4n) is 2.60. The fourth-order valence-corrected chi connectivity index (χ4v) is 2.60. The monoisotopic (exact) mass is 239 g/mol. The summed E-state index contributed by atoms with van der Waals surface area (Å²) in [7, 11) is 0. The molecule has 92 valence electrons. The maximum Gasteiger partial charge on any atom is 0.0948 e. The van der Waals surface area contributed by atoms with Crippen LogP contribution in [0.3, 0.4) is 0 Å². The molecule has 0 heterocycles. The molecule has 0 spiro atoms. The molecule has 0 saturated heterocycles. The molecule has 2 heteroatoms. The molecule has 0 aliphatic heterocycles. The number of benzene rings is 2. The summed E-state index contributed by atoms with van der Waals surface area (Å²) in [5.41, 5.74) is 3.58. The maximum absolute atomic E-state index is 10.3. The molecule has 0 radical (unpaired) electrons. The fraction of sp³-hybridized carbons (Fsp3) is 0.250.